The van der Waals surface area contributed by atoms with Crippen molar-refractivity contribution in [3.8, 4) is 11.8 Å². The minimum atomic E-state index is 0.0984. The van der Waals surface area contributed by atoms with Crippen LogP contribution in [0.15, 0.2) is 18.3 Å². The molecule has 2 aromatic rings. The van der Waals surface area contributed by atoms with Gasteiger partial charge in [0.2, 0.25) is 0 Å². The molecule has 17 heavy (non-hydrogen) atoms. The molecule has 86 valence electrons. The summed E-state index contributed by atoms with van der Waals surface area (Å²) in [4.78, 5) is 10.7. The van der Waals surface area contributed by atoms with Gasteiger partial charge in [-0.05, 0) is 24.6 Å². The molecule has 0 bridgehead atoms. The second kappa shape index (κ2) is 5.07. The summed E-state index contributed by atoms with van der Waals surface area (Å²) in [6, 6.07) is 4.05. The molecule has 0 saturated heterocycles. The van der Waals surface area contributed by atoms with Crippen LogP contribution in [0.3, 0.4) is 0 Å². The molecule has 1 heterocycles. The van der Waals surface area contributed by atoms with E-state index < -0.39 is 0 Å². The van der Waals surface area contributed by atoms with Crippen LogP contribution in [0, 0.1) is 18.8 Å². The number of aromatic nitrogens is 2. The van der Waals surface area contributed by atoms with Gasteiger partial charge in [0.15, 0.2) is 5.12 Å². The fourth-order valence-electron chi connectivity index (χ4n) is 1.50. The maximum Gasteiger partial charge on any atom is 0.186 e. The second-order valence-electron chi connectivity index (χ2n) is 3.71. The monoisotopic (exact) mass is 244 g/mol. The number of aryl methyl sites for hydroxylation is 1. The smallest absolute Gasteiger partial charge is 0.186 e. The van der Waals surface area contributed by atoms with Crippen molar-refractivity contribution >= 4 is 27.8 Å². The molecule has 0 saturated carbocycles. The average molecular weight is 244 g/mol. The van der Waals surface area contributed by atoms with Gasteiger partial charge in [-0.1, -0.05) is 23.6 Å². The molecule has 0 amide bonds. The lowest BCUT2D eigenvalue weighted by molar-refractivity contribution is -0.109. The van der Waals surface area contributed by atoms with Crippen molar-refractivity contribution < 1.29 is 4.79 Å². The maximum atomic E-state index is 10.7. The van der Waals surface area contributed by atoms with E-state index in [-0.39, 0.29) is 5.12 Å². The van der Waals surface area contributed by atoms with Crippen LogP contribution >= 0.6 is 11.8 Å². The van der Waals surface area contributed by atoms with E-state index in [0.29, 0.717) is 5.75 Å². The van der Waals surface area contributed by atoms with Gasteiger partial charge in [0.05, 0.1) is 17.5 Å². The van der Waals surface area contributed by atoms with Crippen LogP contribution in [0.4, 0.5) is 0 Å². The number of thioether (sulfide) groups is 1. The Balaban J connectivity index is 2.22. The first-order chi connectivity index (χ1) is 8.16. The van der Waals surface area contributed by atoms with Crippen LogP contribution in [0.25, 0.3) is 10.9 Å². The Morgan fingerprint density at radius 2 is 2.35 bits per heavy atom. The van der Waals surface area contributed by atoms with E-state index in [0.717, 1.165) is 22.0 Å². The molecular weight excluding hydrogens is 232 g/mol. The Morgan fingerprint density at radius 3 is 3.12 bits per heavy atom. The summed E-state index contributed by atoms with van der Waals surface area (Å²) >= 11 is 1.23. The van der Waals surface area contributed by atoms with E-state index in [4.69, 9.17) is 0 Å². The van der Waals surface area contributed by atoms with Gasteiger partial charge >= 0.3 is 0 Å². The number of carbonyl (C=O) groups excluding carboxylic acids is 1. The Labute approximate surface area is 104 Å². The predicted octanol–water partition coefficient (Wildman–Crippen LogP) is 2.50. The minimum Gasteiger partial charge on any atom is -0.288 e. The van der Waals surface area contributed by atoms with Crippen LogP contribution in [-0.4, -0.2) is 21.1 Å². The maximum absolute atomic E-state index is 10.7. The third kappa shape index (κ3) is 2.89. The van der Waals surface area contributed by atoms with E-state index in [1.54, 1.807) is 13.1 Å². The summed E-state index contributed by atoms with van der Waals surface area (Å²) in [5, 5.41) is 8.06. The molecule has 1 aromatic heterocycles. The summed E-state index contributed by atoms with van der Waals surface area (Å²) in [7, 11) is 0. The van der Waals surface area contributed by atoms with Gasteiger partial charge in [0, 0.05) is 17.9 Å². The summed E-state index contributed by atoms with van der Waals surface area (Å²) in [6.07, 6.45) is 1.78. The molecule has 0 atom stereocenters. The molecule has 0 aliphatic rings. The lowest BCUT2D eigenvalue weighted by Gasteiger charge is -1.97. The van der Waals surface area contributed by atoms with Crippen LogP contribution < -0.4 is 0 Å². The molecule has 3 nitrogen and oxygen atoms in total. The Bertz CT molecular complexity index is 619. The normalized spacial score (nSPS) is 10.0. The number of nitrogens with one attached hydrogen (secondary N) is 1. The lowest BCUT2D eigenvalue weighted by Crippen LogP contribution is -1.85. The molecule has 0 spiro atoms. The SMILES string of the molecule is CC(=O)SCC#Cc1cc2cn[nH]c2cc1C. The predicted molar refractivity (Wildman–Crippen MR) is 70.8 cm³/mol. The number of fused-ring (bicyclic) bond motifs is 1. The van der Waals surface area contributed by atoms with Crippen molar-refractivity contribution in [3.05, 3.63) is 29.5 Å². The first-order valence-electron chi connectivity index (χ1n) is 5.23. The number of aromatic amines is 1. The zero-order valence-corrected chi connectivity index (χ0v) is 10.5. The van der Waals surface area contributed by atoms with E-state index in [1.807, 2.05) is 19.1 Å². The van der Waals surface area contributed by atoms with Crippen molar-refractivity contribution in [1.82, 2.24) is 10.2 Å². The van der Waals surface area contributed by atoms with E-state index in [9.17, 15) is 4.79 Å². The highest BCUT2D eigenvalue weighted by Crippen LogP contribution is 2.16. The number of nitrogens with zero attached hydrogens (tertiary/aromatic N) is 1. The van der Waals surface area contributed by atoms with Gasteiger partial charge < -0.3 is 0 Å². The van der Waals surface area contributed by atoms with Crippen LogP contribution in [0.2, 0.25) is 0 Å². The number of H-pyrrole nitrogens is 1. The van der Waals surface area contributed by atoms with Gasteiger partial charge in [-0.25, -0.2) is 0 Å². The van der Waals surface area contributed by atoms with Gasteiger partial charge in [-0.15, -0.1) is 0 Å². The minimum absolute atomic E-state index is 0.0984. The van der Waals surface area contributed by atoms with Crippen molar-refractivity contribution in [2.75, 3.05) is 5.75 Å². The zero-order valence-electron chi connectivity index (χ0n) is 9.70. The number of benzene rings is 1. The number of carbonyl (C=O) groups is 1. The summed E-state index contributed by atoms with van der Waals surface area (Å²) in [5.74, 6) is 6.62. The van der Waals surface area contributed by atoms with Crippen molar-refractivity contribution in [2.24, 2.45) is 0 Å². The largest absolute Gasteiger partial charge is 0.288 e. The van der Waals surface area contributed by atoms with E-state index >= 15 is 0 Å². The molecule has 0 fully saturated rings. The average Bonchev–Trinajstić information content (AvgIpc) is 2.71. The van der Waals surface area contributed by atoms with Crippen LogP contribution in [0.5, 0.6) is 0 Å². The second-order valence-corrected chi connectivity index (χ2v) is 4.86. The number of hydrogen-bond acceptors (Lipinski definition) is 3. The highest BCUT2D eigenvalue weighted by molar-refractivity contribution is 8.13. The highest BCUT2D eigenvalue weighted by Gasteiger charge is 2.00. The third-order valence-electron chi connectivity index (χ3n) is 2.36. The summed E-state index contributed by atoms with van der Waals surface area (Å²) < 4.78 is 0. The van der Waals surface area contributed by atoms with Crippen molar-refractivity contribution in [3.63, 3.8) is 0 Å². The molecule has 0 unspecified atom stereocenters. The molecule has 0 aliphatic heterocycles. The topological polar surface area (TPSA) is 45.8 Å². The first-order valence-corrected chi connectivity index (χ1v) is 6.21. The zero-order chi connectivity index (χ0) is 12.3. The quantitative estimate of drug-likeness (QED) is 0.784. The van der Waals surface area contributed by atoms with E-state index in [1.165, 1.54) is 11.8 Å². The molecule has 1 N–H and O–H groups in total. The van der Waals surface area contributed by atoms with Gasteiger partial charge in [0.1, 0.15) is 0 Å². The highest BCUT2D eigenvalue weighted by atomic mass is 32.2. The van der Waals surface area contributed by atoms with Gasteiger partial charge in [0.25, 0.3) is 0 Å². The summed E-state index contributed by atoms with van der Waals surface area (Å²) in [5.41, 5.74) is 3.12. The molecule has 0 radical (unpaired) electrons. The summed E-state index contributed by atoms with van der Waals surface area (Å²) in [6.45, 7) is 3.57. The van der Waals surface area contributed by atoms with Crippen molar-refractivity contribution in [1.29, 1.82) is 0 Å². The molecule has 2 rings (SSSR count). The fourth-order valence-corrected chi connectivity index (χ4v) is 1.85. The van der Waals surface area contributed by atoms with Crippen molar-refractivity contribution in [2.45, 2.75) is 13.8 Å². The third-order valence-corrected chi connectivity index (χ3v) is 3.05. The van der Waals surface area contributed by atoms with E-state index in [2.05, 4.69) is 22.0 Å². The molecule has 1 aromatic carbocycles. The fraction of sp³-hybridized carbons (Fsp3) is 0.231. The number of rotatable bonds is 1. The lowest BCUT2D eigenvalue weighted by atomic mass is 10.1. The van der Waals surface area contributed by atoms with Crippen LogP contribution in [-0.2, 0) is 4.79 Å². The van der Waals surface area contributed by atoms with Gasteiger partial charge in [-0.3, -0.25) is 9.89 Å². The standard InChI is InChI=1S/C13H12N2OS/c1-9-6-13-12(8-14-15-13)7-11(9)4-3-5-17-10(2)16/h6-8H,5H2,1-2H3,(H,14,15). The Kier molecular flexibility index (Phi) is 3.50. The molecule has 0 aliphatic carbocycles. The Morgan fingerprint density at radius 1 is 1.53 bits per heavy atom. The van der Waals surface area contributed by atoms with Gasteiger partial charge in [-0.2, -0.15) is 5.10 Å². The first kappa shape index (κ1) is 11.7. The van der Waals surface area contributed by atoms with Crippen LogP contribution in [0.1, 0.15) is 18.1 Å². The Hall–Kier alpha value is -1.73. The molecular formula is C13H12N2OS. The number of hydrogen-bond donors (Lipinski definition) is 1. The molecule has 4 heteroatoms.